The van der Waals surface area contributed by atoms with Crippen molar-refractivity contribution in [3.63, 3.8) is 0 Å². The summed E-state index contributed by atoms with van der Waals surface area (Å²) in [6, 6.07) is 28.3. The SMILES string of the molecule is CCC(CC)C(=O)/C=C(\O)C(CC)CC.[2H]c1nc(-c2[c-]c(C)cc(C)c2)c2ccc(C3CCCC3)cc2c1[2H].[2H]c1nc(-c2[c-]c(C)cc(C)c2)c2ccc(C3CCCC3)cc2c1[2H].[Ir]. The summed E-state index contributed by atoms with van der Waals surface area (Å²) in [6.45, 7) is 16.2. The van der Waals surface area contributed by atoms with Crippen molar-refractivity contribution in [3.8, 4) is 22.5 Å². The van der Waals surface area contributed by atoms with E-state index < -0.39 is 0 Å². The fraction of sp³-hybridized carbons (Fsp3) is 0.421. The molecule has 2 aliphatic rings. The summed E-state index contributed by atoms with van der Waals surface area (Å²) in [7, 11) is 0. The van der Waals surface area contributed by atoms with E-state index in [1.54, 1.807) is 0 Å². The average Bonchev–Trinajstić information content (AvgIpc) is 4.03. The molecule has 0 amide bonds. The Morgan fingerprint density at radius 1 is 0.661 bits per heavy atom. The third-order valence-corrected chi connectivity index (χ3v) is 12.9. The van der Waals surface area contributed by atoms with E-state index in [1.807, 2.05) is 41.5 Å². The number of aryl methyl sites for hydroxylation is 4. The minimum atomic E-state index is 0. The number of carbonyl (C=O) groups is 1. The van der Waals surface area contributed by atoms with Crippen molar-refractivity contribution < 1.29 is 35.5 Å². The number of fused-ring (bicyclic) bond motifs is 2. The molecule has 0 spiro atoms. The van der Waals surface area contributed by atoms with Crippen molar-refractivity contribution in [1.29, 1.82) is 0 Å². The summed E-state index contributed by atoms with van der Waals surface area (Å²) < 4.78 is 33.0. The Labute approximate surface area is 392 Å². The molecule has 2 aliphatic carbocycles. The van der Waals surface area contributed by atoms with Crippen LogP contribution in [0.2, 0.25) is 0 Å². The van der Waals surface area contributed by atoms with Crippen LogP contribution in [0.15, 0.2) is 96.9 Å². The van der Waals surface area contributed by atoms with Gasteiger partial charge in [0.1, 0.15) is 0 Å². The number of benzene rings is 4. The Kier molecular flexibility index (Phi) is 16.1. The summed E-state index contributed by atoms with van der Waals surface area (Å²) in [5.74, 6) is 1.75. The number of hydrogen-bond acceptors (Lipinski definition) is 4. The van der Waals surface area contributed by atoms with Crippen LogP contribution < -0.4 is 0 Å². The largest absolute Gasteiger partial charge is 0.512 e. The first kappa shape index (κ1) is 42.8. The van der Waals surface area contributed by atoms with Gasteiger partial charge in [-0.25, -0.2) is 0 Å². The molecule has 0 atom stereocenters. The van der Waals surface area contributed by atoms with Crippen LogP contribution in [0.25, 0.3) is 44.1 Å². The van der Waals surface area contributed by atoms with Gasteiger partial charge in [-0.15, -0.1) is 69.8 Å². The normalized spacial score (nSPS) is 15.4. The van der Waals surface area contributed by atoms with Crippen molar-refractivity contribution in [2.75, 3.05) is 0 Å². The van der Waals surface area contributed by atoms with Crippen molar-refractivity contribution in [2.24, 2.45) is 11.8 Å². The van der Waals surface area contributed by atoms with Gasteiger partial charge in [0.2, 0.25) is 0 Å². The summed E-state index contributed by atoms with van der Waals surface area (Å²) >= 11 is 0. The van der Waals surface area contributed by atoms with Gasteiger partial charge in [-0.3, -0.25) is 4.79 Å². The van der Waals surface area contributed by atoms with Gasteiger partial charge in [0.15, 0.2) is 5.78 Å². The van der Waals surface area contributed by atoms with Crippen LogP contribution in [-0.2, 0) is 24.9 Å². The molecule has 62 heavy (non-hydrogen) atoms. The molecular formula is C57H68IrN2O2-2. The minimum Gasteiger partial charge on any atom is -0.512 e. The number of aromatic nitrogens is 2. The molecule has 0 unspecified atom stereocenters. The molecule has 6 aromatic rings. The number of rotatable bonds is 11. The van der Waals surface area contributed by atoms with E-state index in [2.05, 4.69) is 96.6 Å². The monoisotopic (exact) mass is 1010 g/mol. The molecule has 2 aromatic heterocycles. The van der Waals surface area contributed by atoms with Crippen LogP contribution in [-0.4, -0.2) is 20.9 Å². The Bertz CT molecular complexity index is 2460. The van der Waals surface area contributed by atoms with Crippen LogP contribution in [0.1, 0.15) is 155 Å². The van der Waals surface area contributed by atoms with E-state index in [-0.39, 0.29) is 67.9 Å². The zero-order valence-electron chi connectivity index (χ0n) is 42.2. The van der Waals surface area contributed by atoms with Crippen LogP contribution in [0, 0.1) is 51.7 Å². The van der Waals surface area contributed by atoms with E-state index in [9.17, 15) is 9.90 Å². The smallest absolute Gasteiger partial charge is 0.162 e. The number of nitrogens with zero attached hydrogens (tertiary/aromatic N) is 2. The predicted octanol–water partition coefficient (Wildman–Crippen LogP) is 15.8. The quantitative estimate of drug-likeness (QED) is 0.0798. The standard InChI is InChI=1S/2C22H22N.C13H24O2.Ir/c2*1-15-11-16(2)13-20(12-15)22-21-8-7-18(17-5-3-4-6-17)14-19(21)9-10-23-22;1-5-10(6-2)12(14)9-13(15)11(7-3)8-4;/h2*7-12,14,17H,3-6H2,1-2H3;9-11,14H,5-8H2,1-4H3;/q2*-1;;/b;;12-9-;/i2*9D,10D;;. The number of carbonyl (C=O) groups excluding carboxylic acids is 1. The van der Waals surface area contributed by atoms with Crippen LogP contribution in [0.3, 0.4) is 0 Å². The third-order valence-electron chi connectivity index (χ3n) is 12.9. The third kappa shape index (κ3) is 12.4. The van der Waals surface area contributed by atoms with Crippen molar-refractivity contribution >= 4 is 27.3 Å². The van der Waals surface area contributed by atoms with Crippen LogP contribution in [0.4, 0.5) is 0 Å². The maximum atomic E-state index is 11.7. The molecule has 1 radical (unpaired) electrons. The number of hydrogen-bond donors (Lipinski definition) is 1. The van der Waals surface area contributed by atoms with E-state index in [1.165, 1.54) is 68.6 Å². The van der Waals surface area contributed by atoms with Gasteiger partial charge >= 0.3 is 0 Å². The van der Waals surface area contributed by atoms with Crippen molar-refractivity contribution in [1.82, 2.24) is 9.97 Å². The maximum Gasteiger partial charge on any atom is 0.162 e. The fourth-order valence-electron chi connectivity index (χ4n) is 9.41. The Hall–Kier alpha value is -4.44. The van der Waals surface area contributed by atoms with Crippen molar-refractivity contribution in [2.45, 2.75) is 144 Å². The zero-order chi connectivity index (χ0) is 46.9. The molecule has 2 saturated carbocycles. The summed E-state index contributed by atoms with van der Waals surface area (Å²) in [5.41, 5.74) is 10.4. The van der Waals surface area contributed by atoms with E-state index in [0.717, 1.165) is 92.0 Å². The average molecular weight is 1010 g/mol. The molecule has 0 bridgehead atoms. The van der Waals surface area contributed by atoms with E-state index in [0.29, 0.717) is 11.8 Å². The topological polar surface area (TPSA) is 63.1 Å². The second kappa shape index (κ2) is 23.3. The van der Waals surface area contributed by atoms with Gasteiger partial charge in [-0.05, 0) is 119 Å². The zero-order valence-corrected chi connectivity index (χ0v) is 40.6. The second-order valence-corrected chi connectivity index (χ2v) is 17.5. The fourth-order valence-corrected chi connectivity index (χ4v) is 9.41. The molecule has 1 N–H and O–H groups in total. The van der Waals surface area contributed by atoms with Gasteiger partial charge in [-0.1, -0.05) is 117 Å². The van der Waals surface area contributed by atoms with Gasteiger partial charge in [-0.2, -0.15) is 0 Å². The van der Waals surface area contributed by atoms with Gasteiger partial charge in [0, 0.05) is 50.4 Å². The number of aliphatic hydroxyl groups is 1. The van der Waals surface area contributed by atoms with Crippen molar-refractivity contribution in [3.05, 3.63) is 142 Å². The molecule has 2 fully saturated rings. The van der Waals surface area contributed by atoms with Gasteiger partial charge in [0.25, 0.3) is 0 Å². The first-order chi connectivity index (χ1) is 31.1. The van der Waals surface area contributed by atoms with Gasteiger partial charge < -0.3 is 15.1 Å². The number of aliphatic hydroxyl groups excluding tert-OH is 1. The summed E-state index contributed by atoms with van der Waals surface area (Å²) in [4.78, 5) is 20.6. The molecule has 2 heterocycles. The Morgan fingerprint density at radius 3 is 1.44 bits per heavy atom. The first-order valence-corrected chi connectivity index (χ1v) is 22.9. The molecule has 4 nitrogen and oxygen atoms in total. The van der Waals surface area contributed by atoms with Gasteiger partial charge in [0.05, 0.1) is 11.2 Å². The molecule has 0 saturated heterocycles. The minimum absolute atomic E-state index is 0. The Balaban J connectivity index is 0.000000191. The summed E-state index contributed by atoms with van der Waals surface area (Å²) in [6.07, 6.45) is 15.1. The second-order valence-electron chi connectivity index (χ2n) is 17.5. The predicted molar refractivity (Wildman–Crippen MR) is 257 cm³/mol. The molecule has 8 rings (SSSR count). The molecule has 329 valence electrons. The van der Waals surface area contributed by atoms with Crippen LogP contribution >= 0.6 is 0 Å². The number of allylic oxidation sites excluding steroid dienone is 2. The maximum absolute atomic E-state index is 11.7. The summed E-state index contributed by atoms with van der Waals surface area (Å²) in [5, 5.41) is 13.3. The van der Waals surface area contributed by atoms with Crippen LogP contribution in [0.5, 0.6) is 0 Å². The molecule has 4 aromatic carbocycles. The molecule has 5 heteroatoms. The van der Waals surface area contributed by atoms with E-state index in [4.69, 9.17) is 5.48 Å². The van der Waals surface area contributed by atoms with E-state index >= 15 is 0 Å². The first-order valence-electron chi connectivity index (χ1n) is 24.9. The number of pyridine rings is 2. The molecular weight excluding hydrogens is 937 g/mol. The number of ketones is 1. The Morgan fingerprint density at radius 2 is 1.06 bits per heavy atom. The molecule has 0 aliphatic heterocycles.